The van der Waals surface area contributed by atoms with Gasteiger partial charge < -0.3 is 20.7 Å². The third-order valence-corrected chi connectivity index (χ3v) is 5.98. The number of amides is 2. The molecule has 1 heterocycles. The summed E-state index contributed by atoms with van der Waals surface area (Å²) in [6.45, 7) is 5.06. The highest BCUT2D eigenvalue weighted by Crippen LogP contribution is 2.28. The molecular formula is C28H35N5O3. The zero-order valence-electron chi connectivity index (χ0n) is 21.3. The molecule has 3 aromatic rings. The van der Waals surface area contributed by atoms with E-state index >= 15 is 0 Å². The maximum absolute atomic E-state index is 13.3. The molecule has 0 unspecified atom stereocenters. The van der Waals surface area contributed by atoms with Crippen LogP contribution in [0.15, 0.2) is 73.1 Å². The first-order valence-electron chi connectivity index (χ1n) is 12.1. The molecule has 0 spiro atoms. The molecular weight excluding hydrogens is 454 g/mol. The largest absolute Gasteiger partial charge is 0.441 e. The highest BCUT2D eigenvalue weighted by Gasteiger charge is 2.27. The van der Waals surface area contributed by atoms with Crippen molar-refractivity contribution in [3.63, 3.8) is 0 Å². The van der Waals surface area contributed by atoms with Crippen molar-refractivity contribution >= 4 is 23.4 Å². The summed E-state index contributed by atoms with van der Waals surface area (Å²) in [6.07, 6.45) is 3.26. The number of hydrogen-bond acceptors (Lipinski definition) is 6. The first kappa shape index (κ1) is 26.7. The van der Waals surface area contributed by atoms with Gasteiger partial charge in [0.05, 0.1) is 17.4 Å². The molecule has 3 rings (SSSR count). The third kappa shape index (κ3) is 7.05. The highest BCUT2D eigenvalue weighted by atomic mass is 16.6. The van der Waals surface area contributed by atoms with Gasteiger partial charge in [0.2, 0.25) is 0 Å². The molecule has 0 fully saturated rings. The average Bonchev–Trinajstić information content (AvgIpc) is 2.88. The van der Waals surface area contributed by atoms with Gasteiger partial charge in [-0.15, -0.1) is 0 Å². The number of nitrogens with one attached hydrogen (secondary N) is 1. The maximum atomic E-state index is 13.3. The number of aromatic nitrogens is 1. The summed E-state index contributed by atoms with van der Waals surface area (Å²) in [4.78, 5) is 33.9. The van der Waals surface area contributed by atoms with Crippen LogP contribution in [-0.4, -0.2) is 54.0 Å². The van der Waals surface area contributed by atoms with E-state index in [2.05, 4.69) is 10.3 Å². The summed E-state index contributed by atoms with van der Waals surface area (Å²) in [6, 6.07) is 17.9. The van der Waals surface area contributed by atoms with Gasteiger partial charge in [0.25, 0.3) is 5.91 Å². The van der Waals surface area contributed by atoms with Crippen LogP contribution in [0.5, 0.6) is 0 Å². The molecule has 0 aliphatic rings. The van der Waals surface area contributed by atoms with Crippen LogP contribution in [0.2, 0.25) is 0 Å². The van der Waals surface area contributed by atoms with Crippen LogP contribution >= 0.6 is 0 Å². The lowest BCUT2D eigenvalue weighted by Crippen LogP contribution is -2.40. The lowest BCUT2D eigenvalue weighted by molar-refractivity contribution is 0.0531. The molecule has 0 aliphatic heterocycles. The quantitative estimate of drug-likeness (QED) is 0.383. The van der Waals surface area contributed by atoms with Crippen LogP contribution in [0, 0.1) is 0 Å². The van der Waals surface area contributed by atoms with Crippen LogP contribution in [0.3, 0.4) is 0 Å². The molecule has 2 amide bonds. The lowest BCUT2D eigenvalue weighted by Gasteiger charge is -2.32. The van der Waals surface area contributed by atoms with E-state index in [9.17, 15) is 9.59 Å². The summed E-state index contributed by atoms with van der Waals surface area (Å²) >= 11 is 0. The van der Waals surface area contributed by atoms with Crippen molar-refractivity contribution in [2.45, 2.75) is 32.4 Å². The summed E-state index contributed by atoms with van der Waals surface area (Å²) < 4.78 is 5.83. The number of para-hydroxylation sites is 2. The van der Waals surface area contributed by atoms with Crippen molar-refractivity contribution in [1.82, 2.24) is 14.8 Å². The van der Waals surface area contributed by atoms with E-state index in [1.165, 1.54) is 0 Å². The first-order valence-corrected chi connectivity index (χ1v) is 12.1. The molecule has 0 radical (unpaired) electrons. The minimum Gasteiger partial charge on any atom is -0.441 e. The number of nitrogens with two attached hydrogens (primary N) is 1. The Morgan fingerprint density at radius 3 is 2.33 bits per heavy atom. The smallest absolute Gasteiger partial charge is 0.410 e. The molecule has 1 aromatic heterocycles. The highest BCUT2D eigenvalue weighted by molar-refractivity contribution is 6.05. The summed E-state index contributed by atoms with van der Waals surface area (Å²) in [7, 11) is 3.94. The fourth-order valence-electron chi connectivity index (χ4n) is 3.88. The van der Waals surface area contributed by atoms with Gasteiger partial charge in [0.1, 0.15) is 6.10 Å². The van der Waals surface area contributed by atoms with E-state index in [1.807, 2.05) is 69.2 Å². The topological polar surface area (TPSA) is 101 Å². The Balaban J connectivity index is 1.77. The van der Waals surface area contributed by atoms with Gasteiger partial charge in [-0.2, -0.15) is 0 Å². The number of pyridine rings is 1. The van der Waals surface area contributed by atoms with Gasteiger partial charge >= 0.3 is 6.09 Å². The predicted octanol–water partition coefficient (Wildman–Crippen LogP) is 5.13. The molecule has 0 aliphatic carbocycles. The summed E-state index contributed by atoms with van der Waals surface area (Å²) in [5, 5.41) is 2.84. The Labute approximate surface area is 213 Å². The Morgan fingerprint density at radius 1 is 1.00 bits per heavy atom. The number of rotatable bonds is 10. The number of carbonyl (C=O) groups excluding carboxylic acids is 2. The minimum absolute atomic E-state index is 0.208. The Kier molecular flexibility index (Phi) is 9.41. The van der Waals surface area contributed by atoms with E-state index in [-0.39, 0.29) is 18.0 Å². The van der Waals surface area contributed by atoms with E-state index in [1.54, 1.807) is 41.6 Å². The molecule has 36 heavy (non-hydrogen) atoms. The second-order valence-electron chi connectivity index (χ2n) is 8.90. The molecule has 2 aromatic carbocycles. The van der Waals surface area contributed by atoms with Gasteiger partial charge in [0, 0.05) is 36.6 Å². The number of nitrogen functional groups attached to an aromatic ring is 1. The molecule has 8 heteroatoms. The molecule has 0 saturated heterocycles. The molecule has 3 N–H and O–H groups in total. The van der Waals surface area contributed by atoms with Gasteiger partial charge in [-0.05, 0) is 63.3 Å². The summed E-state index contributed by atoms with van der Waals surface area (Å²) in [5.74, 6) is -0.248. The van der Waals surface area contributed by atoms with Crippen molar-refractivity contribution < 1.29 is 14.3 Å². The van der Waals surface area contributed by atoms with Crippen LogP contribution in [0.25, 0.3) is 0 Å². The average molecular weight is 490 g/mol. The van der Waals surface area contributed by atoms with Crippen LogP contribution in [-0.2, 0) is 4.74 Å². The second kappa shape index (κ2) is 12.7. The van der Waals surface area contributed by atoms with E-state index in [4.69, 9.17) is 10.5 Å². The predicted molar refractivity (Wildman–Crippen MR) is 143 cm³/mol. The molecule has 190 valence electrons. The molecule has 0 bridgehead atoms. The summed E-state index contributed by atoms with van der Waals surface area (Å²) in [5.41, 5.74) is 9.28. The Morgan fingerprint density at radius 2 is 1.72 bits per heavy atom. The minimum atomic E-state index is -0.429. The van der Waals surface area contributed by atoms with Gasteiger partial charge in [-0.1, -0.05) is 37.3 Å². The number of ether oxygens (including phenoxy) is 1. The van der Waals surface area contributed by atoms with Gasteiger partial charge in [0.15, 0.2) is 0 Å². The molecule has 8 nitrogen and oxygen atoms in total. The van der Waals surface area contributed by atoms with Crippen molar-refractivity contribution in [2.24, 2.45) is 0 Å². The number of nitrogens with zero attached hydrogens (tertiary/aromatic N) is 3. The molecule has 2 atom stereocenters. The maximum Gasteiger partial charge on any atom is 0.410 e. The SMILES string of the molecule is CC[C@@H](c1ccc(C(=O)Nc2ccccc2N)cc1)N(CCN(C)C)C(=O)O[C@@H](C)c1cccnc1. The Bertz CT molecular complexity index is 1140. The van der Waals surface area contributed by atoms with E-state index in [0.717, 1.165) is 11.1 Å². The van der Waals surface area contributed by atoms with Crippen molar-refractivity contribution in [3.8, 4) is 0 Å². The number of hydrogen-bond donors (Lipinski definition) is 2. The zero-order valence-corrected chi connectivity index (χ0v) is 21.3. The number of benzene rings is 2. The Hall–Kier alpha value is -3.91. The second-order valence-corrected chi connectivity index (χ2v) is 8.90. The number of likely N-dealkylation sites (N-methyl/N-ethyl adjacent to an activating group) is 1. The van der Waals surface area contributed by atoms with Crippen LogP contribution in [0.4, 0.5) is 16.2 Å². The lowest BCUT2D eigenvalue weighted by atomic mass is 10.0. The normalized spacial score (nSPS) is 12.6. The van der Waals surface area contributed by atoms with Crippen molar-refractivity contribution in [2.75, 3.05) is 38.2 Å². The van der Waals surface area contributed by atoms with Crippen molar-refractivity contribution in [1.29, 1.82) is 0 Å². The fraction of sp³-hybridized carbons (Fsp3) is 0.321. The van der Waals surface area contributed by atoms with Crippen LogP contribution < -0.4 is 11.1 Å². The van der Waals surface area contributed by atoms with Crippen molar-refractivity contribution in [3.05, 3.63) is 89.7 Å². The molecule has 0 saturated carbocycles. The zero-order chi connectivity index (χ0) is 26.1. The third-order valence-electron chi connectivity index (χ3n) is 5.98. The van der Waals surface area contributed by atoms with E-state index in [0.29, 0.717) is 36.4 Å². The monoisotopic (exact) mass is 489 g/mol. The first-order chi connectivity index (χ1) is 17.3. The van der Waals surface area contributed by atoms with Crippen LogP contribution in [0.1, 0.15) is 53.9 Å². The number of anilines is 2. The van der Waals surface area contributed by atoms with Gasteiger partial charge in [-0.3, -0.25) is 14.7 Å². The number of carbonyl (C=O) groups is 2. The standard InChI is InChI=1S/C28H35N5O3/c1-5-26(21-12-14-22(15-13-21)27(34)31-25-11-7-6-10-24(25)29)33(18-17-32(3)4)28(35)36-20(2)23-9-8-16-30-19-23/h6-16,19-20,26H,5,17-18,29H2,1-4H3,(H,31,34)/t20-,26-/m0/s1. The fourth-order valence-corrected chi connectivity index (χ4v) is 3.88. The van der Waals surface area contributed by atoms with Gasteiger partial charge in [-0.25, -0.2) is 4.79 Å². The van der Waals surface area contributed by atoms with E-state index < -0.39 is 6.10 Å².